The average molecular weight is 310 g/mol. The Morgan fingerprint density at radius 1 is 1.40 bits per heavy atom. The molecule has 0 aliphatic rings. The highest BCUT2D eigenvalue weighted by atomic mass is 32.1. The second-order valence-corrected chi connectivity index (χ2v) is 7.07. The number of rotatable bonds is 7. The zero-order valence-electron chi connectivity index (χ0n) is 12.6. The van der Waals surface area contributed by atoms with Crippen LogP contribution in [0.5, 0.6) is 0 Å². The number of thiazole rings is 1. The van der Waals surface area contributed by atoms with Gasteiger partial charge in [-0.3, -0.25) is 0 Å². The minimum atomic E-state index is 0.475. The second-order valence-electron chi connectivity index (χ2n) is 5.23. The Morgan fingerprint density at radius 3 is 2.80 bits per heavy atom. The van der Waals surface area contributed by atoms with Crippen LogP contribution in [-0.4, -0.2) is 18.6 Å². The van der Waals surface area contributed by atoms with Crippen LogP contribution in [0.4, 0.5) is 5.13 Å². The summed E-state index contributed by atoms with van der Waals surface area (Å²) in [5, 5.41) is 8.86. The third-order valence-electron chi connectivity index (χ3n) is 3.13. The molecule has 110 valence electrons. The number of hydrogen-bond donors (Lipinski definition) is 1. The molecule has 0 radical (unpaired) electrons. The number of thiophene rings is 1. The maximum atomic E-state index is 4.85. The molecule has 0 fully saturated rings. The van der Waals surface area contributed by atoms with Crippen LogP contribution in [0.15, 0.2) is 16.8 Å². The highest BCUT2D eigenvalue weighted by molar-refractivity contribution is 7.15. The van der Waals surface area contributed by atoms with Crippen LogP contribution in [-0.2, 0) is 13.1 Å². The van der Waals surface area contributed by atoms with E-state index < -0.39 is 0 Å². The van der Waals surface area contributed by atoms with Crippen molar-refractivity contribution in [1.29, 1.82) is 0 Å². The van der Waals surface area contributed by atoms with Gasteiger partial charge in [-0.15, -0.1) is 11.3 Å². The summed E-state index contributed by atoms with van der Waals surface area (Å²) in [5.74, 6) is 0.475. The maximum absolute atomic E-state index is 4.85. The van der Waals surface area contributed by atoms with Crippen molar-refractivity contribution in [1.82, 2.24) is 10.3 Å². The topological polar surface area (TPSA) is 28.2 Å². The number of nitrogens with one attached hydrogen (secondary N) is 1. The summed E-state index contributed by atoms with van der Waals surface area (Å²) in [5.41, 5.74) is 2.59. The van der Waals surface area contributed by atoms with Gasteiger partial charge in [-0.1, -0.05) is 20.8 Å². The van der Waals surface area contributed by atoms with Gasteiger partial charge in [-0.05, 0) is 34.9 Å². The van der Waals surface area contributed by atoms with E-state index in [1.54, 1.807) is 11.3 Å². The molecule has 0 saturated carbocycles. The number of aromatic nitrogens is 1. The standard InChI is InChI=1S/C15H23N3S2/c1-5-16-8-13-14(11(2)3)17-15(20-13)18(4)9-12-6-7-19-10-12/h6-7,10-11,16H,5,8-9H2,1-4H3. The van der Waals surface area contributed by atoms with Crippen molar-refractivity contribution < 1.29 is 0 Å². The Hall–Kier alpha value is -0.910. The van der Waals surface area contributed by atoms with E-state index in [0.717, 1.165) is 24.8 Å². The molecule has 0 bridgehead atoms. The van der Waals surface area contributed by atoms with Gasteiger partial charge in [0.2, 0.25) is 0 Å². The van der Waals surface area contributed by atoms with Crippen molar-refractivity contribution in [2.45, 2.75) is 39.8 Å². The molecule has 2 aromatic rings. The molecular weight excluding hydrogens is 286 g/mol. The van der Waals surface area contributed by atoms with Gasteiger partial charge in [0.05, 0.1) is 5.69 Å². The summed E-state index contributed by atoms with van der Waals surface area (Å²) in [4.78, 5) is 8.46. The number of nitrogens with zero attached hydrogens (tertiary/aromatic N) is 2. The fourth-order valence-corrected chi connectivity index (χ4v) is 3.86. The molecule has 0 aromatic carbocycles. The molecule has 5 heteroatoms. The van der Waals surface area contributed by atoms with Crippen LogP contribution in [0.1, 0.15) is 42.8 Å². The summed E-state index contributed by atoms with van der Waals surface area (Å²) >= 11 is 3.56. The van der Waals surface area contributed by atoms with E-state index in [9.17, 15) is 0 Å². The molecule has 0 spiro atoms. The van der Waals surface area contributed by atoms with Gasteiger partial charge in [-0.25, -0.2) is 4.98 Å². The quantitative estimate of drug-likeness (QED) is 0.835. The van der Waals surface area contributed by atoms with Gasteiger partial charge >= 0.3 is 0 Å². The first-order valence-corrected chi connectivity index (χ1v) is 8.80. The molecule has 2 rings (SSSR count). The molecule has 0 amide bonds. The van der Waals surface area contributed by atoms with E-state index in [1.807, 2.05) is 11.3 Å². The van der Waals surface area contributed by atoms with Crippen molar-refractivity contribution in [3.8, 4) is 0 Å². The van der Waals surface area contributed by atoms with E-state index in [4.69, 9.17) is 4.98 Å². The molecule has 0 saturated heterocycles. The Labute approximate surface area is 129 Å². The van der Waals surface area contributed by atoms with Gasteiger partial charge in [0.1, 0.15) is 0 Å². The highest BCUT2D eigenvalue weighted by Crippen LogP contribution is 2.31. The van der Waals surface area contributed by atoms with Gasteiger partial charge in [0.15, 0.2) is 5.13 Å². The van der Waals surface area contributed by atoms with Crippen LogP contribution in [0.3, 0.4) is 0 Å². The lowest BCUT2D eigenvalue weighted by molar-refractivity contribution is 0.713. The summed E-state index contributed by atoms with van der Waals surface area (Å²) < 4.78 is 0. The normalized spacial score (nSPS) is 11.2. The highest BCUT2D eigenvalue weighted by Gasteiger charge is 2.16. The maximum Gasteiger partial charge on any atom is 0.185 e. The van der Waals surface area contributed by atoms with Crippen molar-refractivity contribution in [3.63, 3.8) is 0 Å². The summed E-state index contributed by atoms with van der Waals surface area (Å²) in [7, 11) is 2.12. The van der Waals surface area contributed by atoms with Crippen LogP contribution >= 0.6 is 22.7 Å². The SMILES string of the molecule is CCNCc1sc(N(C)Cc2ccsc2)nc1C(C)C. The van der Waals surface area contributed by atoms with Gasteiger partial charge in [-0.2, -0.15) is 11.3 Å². The molecule has 0 atom stereocenters. The minimum absolute atomic E-state index is 0.475. The lowest BCUT2D eigenvalue weighted by Gasteiger charge is -2.14. The lowest BCUT2D eigenvalue weighted by atomic mass is 10.1. The fourth-order valence-electron chi connectivity index (χ4n) is 2.05. The molecule has 0 aliphatic carbocycles. The van der Waals surface area contributed by atoms with Gasteiger partial charge in [0.25, 0.3) is 0 Å². The van der Waals surface area contributed by atoms with Crippen molar-refractivity contribution in [2.24, 2.45) is 0 Å². The third-order valence-corrected chi connectivity index (χ3v) is 5.04. The predicted octanol–water partition coefficient (Wildman–Crippen LogP) is 4.07. The minimum Gasteiger partial charge on any atom is -0.347 e. The van der Waals surface area contributed by atoms with E-state index >= 15 is 0 Å². The third kappa shape index (κ3) is 3.81. The first-order chi connectivity index (χ1) is 9.61. The largest absolute Gasteiger partial charge is 0.347 e. The van der Waals surface area contributed by atoms with Crippen LogP contribution in [0.2, 0.25) is 0 Å². The molecule has 1 N–H and O–H groups in total. The van der Waals surface area contributed by atoms with Crippen LogP contribution < -0.4 is 10.2 Å². The Kier molecular flexibility index (Phi) is 5.57. The molecule has 2 heterocycles. The van der Waals surface area contributed by atoms with Gasteiger partial charge in [0, 0.05) is 25.0 Å². The molecular formula is C15H23N3S2. The molecule has 3 nitrogen and oxygen atoms in total. The molecule has 0 unspecified atom stereocenters. The number of anilines is 1. The zero-order valence-corrected chi connectivity index (χ0v) is 14.3. The fraction of sp³-hybridized carbons (Fsp3) is 0.533. The molecule has 2 aromatic heterocycles. The molecule has 20 heavy (non-hydrogen) atoms. The van der Waals surface area contributed by atoms with Crippen molar-refractivity contribution in [3.05, 3.63) is 33.0 Å². The summed E-state index contributed by atoms with van der Waals surface area (Å²) in [6.45, 7) is 9.42. The zero-order chi connectivity index (χ0) is 14.5. The van der Waals surface area contributed by atoms with Gasteiger partial charge < -0.3 is 10.2 Å². The first-order valence-electron chi connectivity index (χ1n) is 7.04. The van der Waals surface area contributed by atoms with E-state index in [0.29, 0.717) is 5.92 Å². The van der Waals surface area contributed by atoms with Crippen molar-refractivity contribution >= 4 is 27.8 Å². The first kappa shape index (κ1) is 15.5. The Bertz CT molecular complexity index is 517. The summed E-state index contributed by atoms with van der Waals surface area (Å²) in [6.07, 6.45) is 0. The monoisotopic (exact) mass is 309 g/mol. The van der Waals surface area contributed by atoms with Crippen LogP contribution in [0, 0.1) is 0 Å². The predicted molar refractivity (Wildman–Crippen MR) is 90.0 cm³/mol. The lowest BCUT2D eigenvalue weighted by Crippen LogP contribution is -2.15. The molecule has 0 aliphatic heterocycles. The van der Waals surface area contributed by atoms with Crippen LogP contribution in [0.25, 0.3) is 0 Å². The smallest absolute Gasteiger partial charge is 0.185 e. The Balaban J connectivity index is 2.14. The van der Waals surface area contributed by atoms with E-state index in [2.05, 4.69) is 54.9 Å². The van der Waals surface area contributed by atoms with E-state index in [-0.39, 0.29) is 0 Å². The van der Waals surface area contributed by atoms with Crippen molar-refractivity contribution in [2.75, 3.05) is 18.5 Å². The average Bonchev–Trinajstić information content (AvgIpc) is 3.04. The Morgan fingerprint density at radius 2 is 2.20 bits per heavy atom. The van der Waals surface area contributed by atoms with E-state index in [1.165, 1.54) is 16.1 Å². The second kappa shape index (κ2) is 7.20. The summed E-state index contributed by atoms with van der Waals surface area (Å²) in [6, 6.07) is 2.18. The number of hydrogen-bond acceptors (Lipinski definition) is 5.